The summed E-state index contributed by atoms with van der Waals surface area (Å²) in [5.41, 5.74) is 1.31. The van der Waals surface area contributed by atoms with Gasteiger partial charge in [0.25, 0.3) is 0 Å². The summed E-state index contributed by atoms with van der Waals surface area (Å²) in [7, 11) is 0. The van der Waals surface area contributed by atoms with Gasteiger partial charge in [-0.3, -0.25) is 4.79 Å². The molecule has 7 heteroatoms. The second kappa shape index (κ2) is 7.86. The van der Waals surface area contributed by atoms with Crippen LogP contribution in [-0.4, -0.2) is 12.5 Å². The maximum atomic E-state index is 13.2. The Bertz CT molecular complexity index is 805. The van der Waals surface area contributed by atoms with Gasteiger partial charge < -0.3 is 10.6 Å². The molecule has 0 aromatic heterocycles. The number of carbonyl (C=O) groups excluding carboxylic acids is 1. The molecule has 0 aliphatic carbocycles. The van der Waals surface area contributed by atoms with Crippen molar-refractivity contribution in [2.45, 2.75) is 13.0 Å². The lowest BCUT2D eigenvalue weighted by Crippen LogP contribution is -2.30. The number of nitrogens with zero attached hydrogens (tertiary/aromatic N) is 1. The van der Waals surface area contributed by atoms with Crippen molar-refractivity contribution in [1.82, 2.24) is 5.32 Å². The Hall–Kier alpha value is -2.49. The smallest absolute Gasteiger partial charge is 0.238 e. The van der Waals surface area contributed by atoms with Crippen molar-refractivity contribution in [1.29, 1.82) is 5.26 Å². The average molecular weight is 350 g/mol. The molecule has 0 saturated heterocycles. The minimum absolute atomic E-state index is 0.0300. The first-order valence-corrected chi connectivity index (χ1v) is 7.46. The Balaban J connectivity index is 1.92. The largest absolute Gasteiger partial charge is 0.325 e. The van der Waals surface area contributed by atoms with Crippen LogP contribution in [0.1, 0.15) is 24.1 Å². The van der Waals surface area contributed by atoms with E-state index in [2.05, 4.69) is 10.6 Å². The third-order valence-corrected chi connectivity index (χ3v) is 3.70. The molecule has 0 radical (unpaired) electrons. The van der Waals surface area contributed by atoms with Crippen LogP contribution in [0.25, 0.3) is 0 Å². The summed E-state index contributed by atoms with van der Waals surface area (Å²) in [6, 6.07) is 9.74. The van der Waals surface area contributed by atoms with E-state index >= 15 is 0 Å². The number of anilines is 1. The Labute approximate surface area is 143 Å². The van der Waals surface area contributed by atoms with Gasteiger partial charge in [-0.1, -0.05) is 17.7 Å². The number of nitriles is 1. The van der Waals surface area contributed by atoms with Gasteiger partial charge in [0.1, 0.15) is 6.07 Å². The molecule has 0 fully saturated rings. The van der Waals surface area contributed by atoms with Gasteiger partial charge in [-0.15, -0.1) is 0 Å². The summed E-state index contributed by atoms with van der Waals surface area (Å²) in [6.07, 6.45) is 0. The van der Waals surface area contributed by atoms with Crippen molar-refractivity contribution in [2.24, 2.45) is 0 Å². The Morgan fingerprint density at radius 2 is 2.00 bits per heavy atom. The van der Waals surface area contributed by atoms with Gasteiger partial charge in [0.2, 0.25) is 5.91 Å². The quantitative estimate of drug-likeness (QED) is 0.863. The second-order valence-electron chi connectivity index (χ2n) is 5.13. The van der Waals surface area contributed by atoms with Gasteiger partial charge in [0.05, 0.1) is 17.1 Å². The fraction of sp³-hybridized carbons (Fsp3) is 0.176. The van der Waals surface area contributed by atoms with E-state index in [1.54, 1.807) is 13.0 Å². The number of nitrogens with one attached hydrogen (secondary N) is 2. The van der Waals surface area contributed by atoms with Crippen LogP contribution in [0.4, 0.5) is 14.5 Å². The topological polar surface area (TPSA) is 64.9 Å². The van der Waals surface area contributed by atoms with Crippen LogP contribution in [-0.2, 0) is 4.79 Å². The number of halogens is 3. The highest BCUT2D eigenvalue weighted by molar-refractivity contribution is 6.32. The van der Waals surface area contributed by atoms with Gasteiger partial charge in [-0.2, -0.15) is 5.26 Å². The molecule has 4 nitrogen and oxygen atoms in total. The van der Waals surface area contributed by atoms with E-state index in [0.717, 1.165) is 12.1 Å². The van der Waals surface area contributed by atoms with E-state index < -0.39 is 11.6 Å². The zero-order valence-electron chi connectivity index (χ0n) is 12.7. The molecule has 0 aliphatic rings. The summed E-state index contributed by atoms with van der Waals surface area (Å²) in [5.74, 6) is -2.18. The molecular weight excluding hydrogens is 336 g/mol. The number of carbonyl (C=O) groups is 1. The standard InChI is InChI=1S/C17H14ClF2N3O/c1-10(11-3-5-15(19)16(20)6-11)22-9-17(24)23-13-4-2-12(8-21)14(18)7-13/h2-7,10,22H,9H2,1H3,(H,23,24)/t10-/m1/s1. The van der Waals surface area contributed by atoms with Gasteiger partial charge in [0.15, 0.2) is 11.6 Å². The maximum Gasteiger partial charge on any atom is 0.238 e. The lowest BCUT2D eigenvalue weighted by Gasteiger charge is -2.14. The minimum atomic E-state index is -0.933. The number of hydrogen-bond acceptors (Lipinski definition) is 3. The molecule has 0 heterocycles. The molecular formula is C17H14ClF2N3O. The Kier molecular flexibility index (Phi) is 5.85. The van der Waals surface area contributed by atoms with Gasteiger partial charge >= 0.3 is 0 Å². The van der Waals surface area contributed by atoms with Crippen LogP contribution in [0.5, 0.6) is 0 Å². The first-order chi connectivity index (χ1) is 11.4. The van der Waals surface area contributed by atoms with Crippen molar-refractivity contribution >= 4 is 23.2 Å². The molecule has 2 N–H and O–H groups in total. The summed E-state index contributed by atoms with van der Waals surface area (Å²) >= 11 is 5.89. The number of amides is 1. The number of benzene rings is 2. The number of rotatable bonds is 5. The molecule has 0 saturated carbocycles. The molecule has 2 aromatic rings. The fourth-order valence-electron chi connectivity index (χ4n) is 2.03. The summed E-state index contributed by atoms with van der Waals surface area (Å²) in [6.45, 7) is 1.70. The minimum Gasteiger partial charge on any atom is -0.325 e. The highest BCUT2D eigenvalue weighted by Crippen LogP contribution is 2.20. The monoisotopic (exact) mass is 349 g/mol. The van der Waals surface area contributed by atoms with E-state index in [0.29, 0.717) is 16.8 Å². The lowest BCUT2D eigenvalue weighted by atomic mass is 10.1. The third kappa shape index (κ3) is 4.51. The zero-order valence-corrected chi connectivity index (χ0v) is 13.5. The third-order valence-electron chi connectivity index (χ3n) is 3.39. The molecule has 0 aliphatic heterocycles. The average Bonchev–Trinajstić information content (AvgIpc) is 2.55. The molecule has 124 valence electrons. The highest BCUT2D eigenvalue weighted by Gasteiger charge is 2.11. The van der Waals surface area contributed by atoms with Crippen molar-refractivity contribution < 1.29 is 13.6 Å². The zero-order chi connectivity index (χ0) is 17.7. The van der Waals surface area contributed by atoms with Gasteiger partial charge in [0, 0.05) is 11.7 Å². The Morgan fingerprint density at radius 3 is 2.62 bits per heavy atom. The van der Waals surface area contributed by atoms with Gasteiger partial charge in [-0.05, 0) is 42.8 Å². The van der Waals surface area contributed by atoms with Crippen molar-refractivity contribution in [3.05, 3.63) is 64.2 Å². The molecule has 2 aromatic carbocycles. The normalized spacial score (nSPS) is 11.6. The van der Waals surface area contributed by atoms with Crippen LogP contribution in [0.3, 0.4) is 0 Å². The molecule has 1 atom stereocenters. The lowest BCUT2D eigenvalue weighted by molar-refractivity contribution is -0.115. The van der Waals surface area contributed by atoms with Crippen LogP contribution in [0.15, 0.2) is 36.4 Å². The van der Waals surface area contributed by atoms with Crippen LogP contribution in [0.2, 0.25) is 5.02 Å². The van der Waals surface area contributed by atoms with Crippen LogP contribution < -0.4 is 10.6 Å². The second-order valence-corrected chi connectivity index (χ2v) is 5.54. The first kappa shape index (κ1) is 17.9. The SMILES string of the molecule is C[C@@H](NCC(=O)Nc1ccc(C#N)c(Cl)c1)c1ccc(F)c(F)c1. The van der Waals surface area contributed by atoms with Crippen molar-refractivity contribution in [2.75, 3.05) is 11.9 Å². The Morgan fingerprint density at radius 1 is 1.25 bits per heavy atom. The van der Waals surface area contributed by atoms with Crippen LogP contribution in [0, 0.1) is 23.0 Å². The van der Waals surface area contributed by atoms with E-state index in [4.69, 9.17) is 16.9 Å². The predicted octanol–water partition coefficient (Wildman–Crippen LogP) is 3.78. The summed E-state index contributed by atoms with van der Waals surface area (Å²) < 4.78 is 26.1. The highest BCUT2D eigenvalue weighted by atomic mass is 35.5. The van der Waals surface area contributed by atoms with Crippen molar-refractivity contribution in [3.63, 3.8) is 0 Å². The van der Waals surface area contributed by atoms with E-state index in [1.165, 1.54) is 18.2 Å². The predicted molar refractivity (Wildman–Crippen MR) is 87.6 cm³/mol. The van der Waals surface area contributed by atoms with E-state index in [1.807, 2.05) is 6.07 Å². The summed E-state index contributed by atoms with van der Waals surface area (Å²) in [4.78, 5) is 11.9. The molecule has 0 bridgehead atoms. The van der Waals surface area contributed by atoms with E-state index in [9.17, 15) is 13.6 Å². The number of hydrogen-bond donors (Lipinski definition) is 2. The van der Waals surface area contributed by atoms with Gasteiger partial charge in [-0.25, -0.2) is 8.78 Å². The molecule has 24 heavy (non-hydrogen) atoms. The van der Waals surface area contributed by atoms with Crippen molar-refractivity contribution in [3.8, 4) is 6.07 Å². The molecule has 0 unspecified atom stereocenters. The molecule has 2 rings (SSSR count). The van der Waals surface area contributed by atoms with E-state index in [-0.39, 0.29) is 23.5 Å². The fourth-order valence-corrected chi connectivity index (χ4v) is 2.26. The molecule has 0 spiro atoms. The first-order valence-electron chi connectivity index (χ1n) is 7.08. The molecule has 1 amide bonds. The van der Waals surface area contributed by atoms with Crippen LogP contribution >= 0.6 is 11.6 Å². The summed E-state index contributed by atoms with van der Waals surface area (Å²) in [5, 5.41) is 14.6. The maximum absolute atomic E-state index is 13.2.